The van der Waals surface area contributed by atoms with E-state index in [9.17, 15) is 4.79 Å². The maximum absolute atomic E-state index is 10.9. The fourth-order valence-electron chi connectivity index (χ4n) is 0.601. The van der Waals surface area contributed by atoms with Crippen LogP contribution in [0.2, 0.25) is 0 Å². The molecule has 1 N–H and O–H groups in total. The van der Waals surface area contributed by atoms with Crippen LogP contribution in [0, 0.1) is 0 Å². The van der Waals surface area contributed by atoms with Gasteiger partial charge in [-0.15, -0.1) is 0 Å². The van der Waals surface area contributed by atoms with Crippen LogP contribution in [-0.2, 0) is 0 Å². The summed E-state index contributed by atoms with van der Waals surface area (Å²) in [6, 6.07) is 3.34. The van der Waals surface area contributed by atoms with Crippen molar-refractivity contribution < 1.29 is 4.79 Å². The lowest BCUT2D eigenvalue weighted by atomic mass is 10.3. The Balaban J connectivity index is 2.78. The molecule has 54 valence electrons. The Hall–Kier alpha value is -0.470. The van der Waals surface area contributed by atoms with E-state index in [1.165, 1.54) is 0 Å². The zero-order chi connectivity index (χ0) is 7.56. The van der Waals surface area contributed by atoms with E-state index >= 15 is 0 Å². The van der Waals surface area contributed by atoms with E-state index < -0.39 is 4.84 Å². The lowest BCUT2D eigenvalue weighted by molar-refractivity contribution is 0.100. The summed E-state index contributed by atoms with van der Waals surface area (Å²) in [4.78, 5) is 12.6. The molecule has 0 aliphatic carbocycles. The number of aromatic amines is 1. The number of carbonyl (C=O) groups is 1. The molecule has 10 heavy (non-hydrogen) atoms. The molecular weight excluding hydrogens is 173 g/mol. The summed E-state index contributed by atoms with van der Waals surface area (Å²) in [6.45, 7) is 0. The maximum Gasteiger partial charge on any atom is 0.211 e. The van der Waals surface area contributed by atoms with E-state index in [1.54, 1.807) is 18.3 Å². The molecule has 0 saturated heterocycles. The summed E-state index contributed by atoms with van der Waals surface area (Å²) >= 11 is 10.6. The Morgan fingerprint density at radius 3 is 2.70 bits per heavy atom. The van der Waals surface area contributed by atoms with Crippen LogP contribution in [0.25, 0.3) is 0 Å². The highest BCUT2D eigenvalue weighted by atomic mass is 35.5. The van der Waals surface area contributed by atoms with Gasteiger partial charge in [0.15, 0.2) is 4.84 Å². The number of carbonyl (C=O) groups excluding carboxylic acids is 1. The minimum absolute atomic E-state index is 0.298. The van der Waals surface area contributed by atoms with Crippen molar-refractivity contribution in [2.45, 2.75) is 4.84 Å². The number of Topliss-reactive ketones (excluding diaryl/α,β-unsaturated/α-hetero) is 1. The summed E-state index contributed by atoms with van der Waals surface area (Å²) in [5.41, 5.74) is 0.440. The number of nitrogens with one attached hydrogen (secondary N) is 1. The number of hydrogen-bond acceptors (Lipinski definition) is 1. The molecule has 0 atom stereocenters. The minimum Gasteiger partial charge on any atom is -0.359 e. The lowest BCUT2D eigenvalue weighted by Crippen LogP contribution is -2.07. The van der Waals surface area contributed by atoms with Crippen molar-refractivity contribution >= 4 is 29.0 Å². The zero-order valence-electron chi connectivity index (χ0n) is 4.97. The third-order valence-electron chi connectivity index (χ3n) is 1.06. The second-order valence-corrected chi connectivity index (χ2v) is 2.85. The smallest absolute Gasteiger partial charge is 0.211 e. The van der Waals surface area contributed by atoms with Gasteiger partial charge in [0, 0.05) is 6.20 Å². The van der Waals surface area contributed by atoms with E-state index in [1.807, 2.05) is 0 Å². The molecule has 4 heteroatoms. The number of H-pyrrole nitrogens is 1. The van der Waals surface area contributed by atoms with Crippen LogP contribution in [0.3, 0.4) is 0 Å². The van der Waals surface area contributed by atoms with Gasteiger partial charge < -0.3 is 4.98 Å². The van der Waals surface area contributed by atoms with Crippen molar-refractivity contribution in [2.24, 2.45) is 0 Å². The molecule has 0 aliphatic heterocycles. The summed E-state index contributed by atoms with van der Waals surface area (Å²) in [7, 11) is 0. The quantitative estimate of drug-likeness (QED) is 0.545. The number of alkyl halides is 2. The van der Waals surface area contributed by atoms with Gasteiger partial charge in [0.1, 0.15) is 0 Å². The Morgan fingerprint density at radius 2 is 2.30 bits per heavy atom. The zero-order valence-corrected chi connectivity index (χ0v) is 6.49. The summed E-state index contributed by atoms with van der Waals surface area (Å²) in [5, 5.41) is 0. The van der Waals surface area contributed by atoms with E-state index in [2.05, 4.69) is 4.98 Å². The molecule has 0 unspecified atom stereocenters. The summed E-state index contributed by atoms with van der Waals surface area (Å²) < 4.78 is 0. The lowest BCUT2D eigenvalue weighted by Gasteiger charge is -1.94. The maximum atomic E-state index is 10.9. The number of halogens is 2. The largest absolute Gasteiger partial charge is 0.359 e. The minimum atomic E-state index is -0.973. The first-order valence-electron chi connectivity index (χ1n) is 2.67. The van der Waals surface area contributed by atoms with Crippen LogP contribution in [0.1, 0.15) is 10.5 Å². The number of ketones is 1. The Morgan fingerprint density at radius 1 is 1.60 bits per heavy atom. The van der Waals surface area contributed by atoms with Crippen LogP contribution >= 0.6 is 23.2 Å². The van der Waals surface area contributed by atoms with Crippen molar-refractivity contribution in [2.75, 3.05) is 0 Å². The van der Waals surface area contributed by atoms with E-state index in [4.69, 9.17) is 23.2 Å². The topological polar surface area (TPSA) is 32.9 Å². The molecule has 2 nitrogen and oxygen atoms in total. The fourth-order valence-corrected chi connectivity index (χ4v) is 0.836. The average Bonchev–Trinajstić information content (AvgIpc) is 2.36. The molecule has 1 aromatic rings. The second kappa shape index (κ2) is 3.08. The Bertz CT molecular complexity index is 218. The molecule has 0 aromatic carbocycles. The van der Waals surface area contributed by atoms with Gasteiger partial charge in [0.05, 0.1) is 5.69 Å². The third kappa shape index (κ3) is 1.52. The standard InChI is InChI=1S/C6H5Cl2NO/c7-6(8)5(10)4-2-1-3-9-4/h1-3,6,9H. The van der Waals surface area contributed by atoms with Crippen molar-refractivity contribution in [3.8, 4) is 0 Å². The molecule has 1 heterocycles. The molecule has 0 spiro atoms. The number of rotatable bonds is 2. The molecule has 0 aliphatic rings. The second-order valence-electron chi connectivity index (χ2n) is 1.75. The van der Waals surface area contributed by atoms with Crippen LogP contribution < -0.4 is 0 Å². The van der Waals surface area contributed by atoms with Gasteiger partial charge in [-0.1, -0.05) is 23.2 Å². The first kappa shape index (κ1) is 7.63. The Kier molecular flexibility index (Phi) is 2.35. The van der Waals surface area contributed by atoms with Gasteiger partial charge in [0.2, 0.25) is 5.78 Å². The van der Waals surface area contributed by atoms with Crippen LogP contribution in [0.4, 0.5) is 0 Å². The highest BCUT2D eigenvalue weighted by Crippen LogP contribution is 2.09. The van der Waals surface area contributed by atoms with E-state index in [0.29, 0.717) is 5.69 Å². The van der Waals surface area contributed by atoms with Gasteiger partial charge in [-0.2, -0.15) is 0 Å². The first-order chi connectivity index (χ1) is 4.72. The van der Waals surface area contributed by atoms with Gasteiger partial charge >= 0.3 is 0 Å². The van der Waals surface area contributed by atoms with Crippen LogP contribution in [-0.4, -0.2) is 15.6 Å². The predicted octanol–water partition coefficient (Wildman–Crippen LogP) is 2.00. The number of aromatic nitrogens is 1. The molecule has 1 aromatic heterocycles. The van der Waals surface area contributed by atoms with E-state index in [-0.39, 0.29) is 5.78 Å². The van der Waals surface area contributed by atoms with Gasteiger partial charge in [0.25, 0.3) is 0 Å². The number of hydrogen-bond donors (Lipinski definition) is 1. The highest BCUT2D eigenvalue weighted by molar-refractivity contribution is 6.55. The fraction of sp³-hybridized carbons (Fsp3) is 0.167. The van der Waals surface area contributed by atoms with Gasteiger partial charge in [-0.25, -0.2) is 0 Å². The average molecular weight is 178 g/mol. The summed E-state index contributed by atoms with van der Waals surface area (Å²) in [5.74, 6) is -0.298. The highest BCUT2D eigenvalue weighted by Gasteiger charge is 2.13. The van der Waals surface area contributed by atoms with Crippen molar-refractivity contribution in [1.29, 1.82) is 0 Å². The molecule has 0 amide bonds. The molecular formula is C6H5Cl2NO. The third-order valence-corrected chi connectivity index (χ3v) is 1.46. The summed E-state index contributed by atoms with van der Waals surface area (Å²) in [6.07, 6.45) is 1.64. The van der Waals surface area contributed by atoms with E-state index in [0.717, 1.165) is 0 Å². The molecule has 1 rings (SSSR count). The van der Waals surface area contributed by atoms with Crippen molar-refractivity contribution in [3.63, 3.8) is 0 Å². The van der Waals surface area contributed by atoms with Crippen LogP contribution in [0.5, 0.6) is 0 Å². The van der Waals surface area contributed by atoms with Crippen molar-refractivity contribution in [3.05, 3.63) is 24.0 Å². The molecule has 0 saturated carbocycles. The monoisotopic (exact) mass is 177 g/mol. The predicted molar refractivity (Wildman–Crippen MR) is 40.6 cm³/mol. The Labute approximate surface area is 68.1 Å². The van der Waals surface area contributed by atoms with Crippen molar-refractivity contribution in [1.82, 2.24) is 4.98 Å². The first-order valence-corrected chi connectivity index (χ1v) is 3.55. The molecule has 0 fully saturated rings. The normalized spacial score (nSPS) is 10.3. The van der Waals surface area contributed by atoms with Crippen LogP contribution in [0.15, 0.2) is 18.3 Å². The van der Waals surface area contributed by atoms with Gasteiger partial charge in [-0.05, 0) is 12.1 Å². The SMILES string of the molecule is O=C(c1ccc[nH]1)C(Cl)Cl. The van der Waals surface area contributed by atoms with Gasteiger partial charge in [-0.3, -0.25) is 4.79 Å². The molecule has 0 radical (unpaired) electrons. The molecule has 0 bridgehead atoms.